The maximum absolute atomic E-state index is 13.7. The predicted octanol–water partition coefficient (Wildman–Crippen LogP) is 3.53. The van der Waals surface area contributed by atoms with Crippen LogP contribution in [-0.2, 0) is 6.42 Å². The van der Waals surface area contributed by atoms with Crippen molar-refractivity contribution in [3.8, 4) is 5.75 Å². The van der Waals surface area contributed by atoms with Crippen LogP contribution < -0.4 is 10.5 Å². The molecule has 1 heterocycles. The third kappa shape index (κ3) is 3.31. The maximum atomic E-state index is 13.7. The standard InChI is InChI=1S/C14H16FNOS/c1-10(16)12-2-3-14(13(15)8-12)17-6-4-11-5-7-18-9-11/h2-3,5,7-10H,4,6,16H2,1H3/t10-/m1/s1. The third-order valence-corrected chi connectivity index (χ3v) is 3.44. The number of rotatable bonds is 5. The van der Waals surface area contributed by atoms with Gasteiger partial charge >= 0.3 is 0 Å². The fourth-order valence-corrected chi connectivity index (χ4v) is 2.33. The molecule has 0 fully saturated rings. The molecule has 96 valence electrons. The van der Waals surface area contributed by atoms with Gasteiger partial charge in [-0.05, 0) is 47.0 Å². The first-order chi connectivity index (χ1) is 8.66. The van der Waals surface area contributed by atoms with Gasteiger partial charge in [0.1, 0.15) is 0 Å². The summed E-state index contributed by atoms with van der Waals surface area (Å²) in [6.45, 7) is 2.30. The Morgan fingerprint density at radius 1 is 1.39 bits per heavy atom. The lowest BCUT2D eigenvalue weighted by Gasteiger charge is -2.10. The maximum Gasteiger partial charge on any atom is 0.165 e. The topological polar surface area (TPSA) is 35.2 Å². The molecule has 0 spiro atoms. The van der Waals surface area contributed by atoms with E-state index in [4.69, 9.17) is 10.5 Å². The van der Waals surface area contributed by atoms with E-state index in [1.165, 1.54) is 11.6 Å². The summed E-state index contributed by atoms with van der Waals surface area (Å²) in [5, 5.41) is 4.09. The molecular formula is C14H16FNOS. The van der Waals surface area contributed by atoms with Crippen molar-refractivity contribution in [2.24, 2.45) is 5.73 Å². The van der Waals surface area contributed by atoms with E-state index in [1.807, 2.05) is 18.4 Å². The van der Waals surface area contributed by atoms with E-state index >= 15 is 0 Å². The Morgan fingerprint density at radius 3 is 2.83 bits per heavy atom. The van der Waals surface area contributed by atoms with E-state index in [2.05, 4.69) is 5.38 Å². The van der Waals surface area contributed by atoms with Crippen molar-refractivity contribution in [3.05, 3.63) is 52.0 Å². The van der Waals surface area contributed by atoms with Crippen molar-refractivity contribution in [3.63, 3.8) is 0 Å². The zero-order valence-electron chi connectivity index (χ0n) is 10.2. The quantitative estimate of drug-likeness (QED) is 0.897. The minimum absolute atomic E-state index is 0.167. The minimum Gasteiger partial charge on any atom is -0.490 e. The molecule has 1 aromatic heterocycles. The first kappa shape index (κ1) is 13.1. The summed E-state index contributed by atoms with van der Waals surface area (Å²) in [5.74, 6) is -0.0650. The van der Waals surface area contributed by atoms with Gasteiger partial charge in [0.15, 0.2) is 11.6 Å². The average Bonchev–Trinajstić information content (AvgIpc) is 2.84. The number of nitrogens with two attached hydrogens (primary N) is 1. The molecule has 0 saturated heterocycles. The largest absolute Gasteiger partial charge is 0.490 e. The van der Waals surface area contributed by atoms with Gasteiger partial charge in [-0.3, -0.25) is 0 Å². The number of ether oxygens (including phenoxy) is 1. The van der Waals surface area contributed by atoms with Crippen LogP contribution in [0.3, 0.4) is 0 Å². The third-order valence-electron chi connectivity index (χ3n) is 2.71. The minimum atomic E-state index is -0.352. The van der Waals surface area contributed by atoms with Gasteiger partial charge in [0.2, 0.25) is 0 Å². The lowest BCUT2D eigenvalue weighted by molar-refractivity contribution is 0.305. The highest BCUT2D eigenvalue weighted by molar-refractivity contribution is 7.07. The fourth-order valence-electron chi connectivity index (χ4n) is 1.63. The Balaban J connectivity index is 1.93. The van der Waals surface area contributed by atoms with Crippen LogP contribution in [-0.4, -0.2) is 6.61 Å². The van der Waals surface area contributed by atoms with E-state index in [9.17, 15) is 4.39 Å². The molecule has 0 aliphatic heterocycles. The van der Waals surface area contributed by atoms with Gasteiger partial charge < -0.3 is 10.5 Å². The number of halogens is 1. The van der Waals surface area contributed by atoms with Crippen LogP contribution in [0, 0.1) is 5.82 Å². The van der Waals surface area contributed by atoms with Crippen LogP contribution in [0.2, 0.25) is 0 Å². The predicted molar refractivity (Wildman–Crippen MR) is 72.5 cm³/mol. The molecule has 2 rings (SSSR count). The molecule has 0 radical (unpaired) electrons. The average molecular weight is 265 g/mol. The van der Waals surface area contributed by atoms with E-state index in [0.29, 0.717) is 6.61 Å². The van der Waals surface area contributed by atoms with Gasteiger partial charge in [0.25, 0.3) is 0 Å². The molecule has 4 heteroatoms. The van der Waals surface area contributed by atoms with Gasteiger partial charge in [0, 0.05) is 12.5 Å². The van der Waals surface area contributed by atoms with Crippen molar-refractivity contribution < 1.29 is 9.13 Å². The van der Waals surface area contributed by atoms with E-state index < -0.39 is 0 Å². The van der Waals surface area contributed by atoms with Gasteiger partial charge in [-0.25, -0.2) is 4.39 Å². The van der Waals surface area contributed by atoms with Gasteiger partial charge in [-0.2, -0.15) is 11.3 Å². The second kappa shape index (κ2) is 5.98. The Labute approximate surface area is 110 Å². The molecule has 1 atom stereocenters. The molecule has 0 aliphatic rings. The molecule has 2 nitrogen and oxygen atoms in total. The van der Waals surface area contributed by atoms with Crippen molar-refractivity contribution in [2.45, 2.75) is 19.4 Å². The molecule has 0 unspecified atom stereocenters. The second-order valence-electron chi connectivity index (χ2n) is 4.21. The molecule has 1 aromatic carbocycles. The number of hydrogen-bond donors (Lipinski definition) is 1. The number of benzene rings is 1. The normalized spacial score (nSPS) is 12.4. The van der Waals surface area contributed by atoms with Crippen molar-refractivity contribution >= 4 is 11.3 Å². The highest BCUT2D eigenvalue weighted by Gasteiger charge is 2.07. The van der Waals surface area contributed by atoms with E-state index in [1.54, 1.807) is 23.5 Å². The molecule has 2 aromatic rings. The number of thiophene rings is 1. The lowest BCUT2D eigenvalue weighted by Crippen LogP contribution is -2.06. The smallest absolute Gasteiger partial charge is 0.165 e. The van der Waals surface area contributed by atoms with Crippen LogP contribution in [0.1, 0.15) is 24.1 Å². The van der Waals surface area contributed by atoms with Gasteiger partial charge in [-0.15, -0.1) is 0 Å². The molecule has 2 N–H and O–H groups in total. The van der Waals surface area contributed by atoms with Crippen LogP contribution in [0.5, 0.6) is 5.75 Å². The van der Waals surface area contributed by atoms with E-state index in [0.717, 1.165) is 12.0 Å². The first-order valence-corrected chi connectivity index (χ1v) is 6.80. The molecule has 0 bridgehead atoms. The van der Waals surface area contributed by atoms with Crippen molar-refractivity contribution in [2.75, 3.05) is 6.61 Å². The summed E-state index contributed by atoms with van der Waals surface area (Å²) >= 11 is 1.65. The monoisotopic (exact) mass is 265 g/mol. The molecule has 0 amide bonds. The van der Waals surface area contributed by atoms with Crippen LogP contribution in [0.4, 0.5) is 4.39 Å². The van der Waals surface area contributed by atoms with Gasteiger partial charge in [-0.1, -0.05) is 6.07 Å². The zero-order chi connectivity index (χ0) is 13.0. The molecule has 18 heavy (non-hydrogen) atoms. The second-order valence-corrected chi connectivity index (χ2v) is 4.99. The number of hydrogen-bond acceptors (Lipinski definition) is 3. The van der Waals surface area contributed by atoms with Crippen LogP contribution >= 0.6 is 11.3 Å². The molecule has 0 saturated carbocycles. The van der Waals surface area contributed by atoms with Crippen LogP contribution in [0.15, 0.2) is 35.0 Å². The van der Waals surface area contributed by atoms with Crippen molar-refractivity contribution in [1.29, 1.82) is 0 Å². The molecular weight excluding hydrogens is 249 g/mol. The fraction of sp³-hybridized carbons (Fsp3) is 0.286. The highest BCUT2D eigenvalue weighted by Crippen LogP contribution is 2.21. The summed E-state index contributed by atoms with van der Waals surface area (Å²) in [5.41, 5.74) is 7.68. The van der Waals surface area contributed by atoms with Gasteiger partial charge in [0.05, 0.1) is 6.61 Å². The Bertz CT molecular complexity index is 497. The summed E-state index contributed by atoms with van der Waals surface area (Å²) in [7, 11) is 0. The summed E-state index contributed by atoms with van der Waals surface area (Å²) in [6, 6.07) is 6.75. The van der Waals surface area contributed by atoms with Crippen LogP contribution in [0.25, 0.3) is 0 Å². The summed E-state index contributed by atoms with van der Waals surface area (Å²) in [6.07, 6.45) is 0.790. The Kier molecular flexibility index (Phi) is 4.33. The highest BCUT2D eigenvalue weighted by atomic mass is 32.1. The lowest BCUT2D eigenvalue weighted by atomic mass is 10.1. The Hall–Kier alpha value is -1.39. The zero-order valence-corrected chi connectivity index (χ0v) is 11.0. The Morgan fingerprint density at radius 2 is 2.22 bits per heavy atom. The van der Waals surface area contributed by atoms with Crippen molar-refractivity contribution in [1.82, 2.24) is 0 Å². The summed E-state index contributed by atoms with van der Waals surface area (Å²) in [4.78, 5) is 0. The SMILES string of the molecule is C[C@@H](N)c1ccc(OCCc2ccsc2)c(F)c1. The molecule has 0 aliphatic carbocycles. The van der Waals surface area contributed by atoms with E-state index in [-0.39, 0.29) is 17.6 Å². The first-order valence-electron chi connectivity index (χ1n) is 5.85. The summed E-state index contributed by atoms with van der Waals surface area (Å²) < 4.78 is 19.1.